The smallest absolute Gasteiger partial charge is 0.233 e. The van der Waals surface area contributed by atoms with E-state index in [0.717, 1.165) is 5.56 Å². The van der Waals surface area contributed by atoms with Gasteiger partial charge in [0.05, 0.1) is 5.52 Å². The second-order valence-corrected chi connectivity index (χ2v) is 4.45. The first-order valence-electron chi connectivity index (χ1n) is 6.06. The molecule has 0 amide bonds. The summed E-state index contributed by atoms with van der Waals surface area (Å²) in [6.07, 6.45) is 0. The monoisotopic (exact) mass is 274 g/mol. The molecule has 2 aromatic carbocycles. The number of aromatic nitrogens is 2. The predicted octanol–water partition coefficient (Wildman–Crippen LogP) is 3.10. The van der Waals surface area contributed by atoms with Gasteiger partial charge in [0.25, 0.3) is 0 Å². The molecule has 0 bridgehead atoms. The molecule has 0 radical (unpaired) electrons. The molecule has 0 aliphatic rings. The van der Waals surface area contributed by atoms with Crippen molar-refractivity contribution in [2.45, 2.75) is 6.54 Å². The third-order valence-electron chi connectivity index (χ3n) is 2.96. The van der Waals surface area contributed by atoms with Crippen molar-refractivity contribution in [1.82, 2.24) is 9.77 Å². The van der Waals surface area contributed by atoms with E-state index in [1.165, 1.54) is 18.2 Å². The maximum atomic E-state index is 14.0. The van der Waals surface area contributed by atoms with Gasteiger partial charge in [-0.05, 0) is 29.8 Å². The van der Waals surface area contributed by atoms with Gasteiger partial charge in [-0.1, -0.05) is 16.6 Å². The van der Waals surface area contributed by atoms with Gasteiger partial charge >= 0.3 is 0 Å². The molecular formula is C14H12F2N4. The van der Waals surface area contributed by atoms with Crippen LogP contribution in [0.4, 0.5) is 20.5 Å². The Labute approximate surface area is 113 Å². The van der Waals surface area contributed by atoms with Crippen molar-refractivity contribution in [3.63, 3.8) is 0 Å². The molecule has 0 unspecified atom stereocenters. The SMILES string of the molecule is Nc1cccc(CNc2nc3cc(F)ccc3n2F)c1. The predicted molar refractivity (Wildman–Crippen MR) is 74.4 cm³/mol. The molecule has 6 heteroatoms. The highest BCUT2D eigenvalue weighted by atomic mass is 19.2. The first kappa shape index (κ1) is 12.4. The van der Waals surface area contributed by atoms with Crippen LogP contribution in [-0.2, 0) is 6.54 Å². The molecule has 3 rings (SSSR count). The van der Waals surface area contributed by atoms with Gasteiger partial charge in [0, 0.05) is 18.3 Å². The Morgan fingerprint density at radius 3 is 2.85 bits per heavy atom. The Morgan fingerprint density at radius 1 is 1.20 bits per heavy atom. The van der Waals surface area contributed by atoms with Gasteiger partial charge in [-0.3, -0.25) is 0 Å². The van der Waals surface area contributed by atoms with E-state index in [-0.39, 0.29) is 17.0 Å². The molecule has 4 nitrogen and oxygen atoms in total. The van der Waals surface area contributed by atoms with Gasteiger partial charge < -0.3 is 11.1 Å². The summed E-state index contributed by atoms with van der Waals surface area (Å²) in [4.78, 5) is 4.42. The van der Waals surface area contributed by atoms with E-state index >= 15 is 0 Å². The number of anilines is 2. The quantitative estimate of drug-likeness (QED) is 0.721. The van der Waals surface area contributed by atoms with Crippen molar-refractivity contribution < 1.29 is 8.87 Å². The van der Waals surface area contributed by atoms with E-state index in [9.17, 15) is 8.87 Å². The lowest BCUT2D eigenvalue weighted by atomic mass is 10.2. The van der Waals surface area contributed by atoms with E-state index in [1.54, 1.807) is 12.1 Å². The summed E-state index contributed by atoms with van der Waals surface area (Å²) in [5.41, 5.74) is 7.71. The Morgan fingerprint density at radius 2 is 2.05 bits per heavy atom. The standard InChI is InChI=1S/C14H12F2N4/c15-10-4-5-13-12(7-10)19-14(20(13)16)18-8-9-2-1-3-11(17)6-9/h1-7H,8,17H2,(H,18,19). The summed E-state index contributed by atoms with van der Waals surface area (Å²) < 4.78 is 27.1. The number of nitrogens with zero attached hydrogens (tertiary/aromatic N) is 2. The minimum absolute atomic E-state index is 0.0352. The number of nitrogen functional groups attached to an aromatic ring is 1. The number of imidazole rings is 1. The zero-order chi connectivity index (χ0) is 14.1. The van der Waals surface area contributed by atoms with Crippen LogP contribution in [0.25, 0.3) is 11.0 Å². The van der Waals surface area contributed by atoms with Crippen LogP contribution in [0.2, 0.25) is 0 Å². The van der Waals surface area contributed by atoms with Crippen LogP contribution in [0.3, 0.4) is 0 Å². The van der Waals surface area contributed by atoms with E-state index in [4.69, 9.17) is 5.73 Å². The van der Waals surface area contributed by atoms with Crippen LogP contribution in [0.15, 0.2) is 42.5 Å². The summed E-state index contributed by atoms with van der Waals surface area (Å²) >= 11 is 0. The van der Waals surface area contributed by atoms with Crippen molar-refractivity contribution in [1.29, 1.82) is 0 Å². The molecule has 3 aromatic rings. The number of halogens is 2. The van der Waals surface area contributed by atoms with Crippen LogP contribution >= 0.6 is 0 Å². The van der Waals surface area contributed by atoms with Gasteiger partial charge in [0.2, 0.25) is 5.95 Å². The van der Waals surface area contributed by atoms with E-state index in [2.05, 4.69) is 10.3 Å². The lowest BCUT2D eigenvalue weighted by Crippen LogP contribution is -2.03. The third kappa shape index (κ3) is 2.27. The summed E-state index contributed by atoms with van der Waals surface area (Å²) in [7, 11) is 0. The molecule has 0 aliphatic carbocycles. The van der Waals surface area contributed by atoms with Crippen LogP contribution in [0.1, 0.15) is 5.56 Å². The topological polar surface area (TPSA) is 55.9 Å². The first-order chi connectivity index (χ1) is 9.63. The molecule has 0 saturated carbocycles. The Kier molecular flexibility index (Phi) is 2.98. The van der Waals surface area contributed by atoms with Crippen molar-refractivity contribution in [2.24, 2.45) is 0 Å². The number of nitrogens with two attached hydrogens (primary N) is 1. The molecule has 1 heterocycles. The number of hydrogen-bond donors (Lipinski definition) is 2. The second-order valence-electron chi connectivity index (χ2n) is 4.45. The van der Waals surface area contributed by atoms with Crippen molar-refractivity contribution in [3.8, 4) is 0 Å². The van der Waals surface area contributed by atoms with Crippen molar-refractivity contribution >= 4 is 22.7 Å². The molecule has 0 spiro atoms. The molecule has 1 aromatic heterocycles. The lowest BCUT2D eigenvalue weighted by molar-refractivity contribution is 0.391. The van der Waals surface area contributed by atoms with Gasteiger partial charge in [0.15, 0.2) is 0 Å². The average Bonchev–Trinajstić information content (AvgIpc) is 2.72. The Balaban J connectivity index is 1.86. The first-order valence-corrected chi connectivity index (χ1v) is 6.06. The van der Waals surface area contributed by atoms with Crippen LogP contribution < -0.4 is 11.1 Å². The fraction of sp³-hybridized carbons (Fsp3) is 0.0714. The van der Waals surface area contributed by atoms with Crippen molar-refractivity contribution in [2.75, 3.05) is 11.1 Å². The molecular weight excluding hydrogens is 262 g/mol. The highest BCUT2D eigenvalue weighted by Crippen LogP contribution is 2.21. The normalized spacial score (nSPS) is 10.9. The number of rotatable bonds is 3. The summed E-state index contributed by atoms with van der Waals surface area (Å²) in [5.74, 6) is -0.411. The third-order valence-corrected chi connectivity index (χ3v) is 2.96. The Hall–Kier alpha value is -2.63. The summed E-state index contributed by atoms with van der Waals surface area (Å²) in [5, 5.41) is 2.86. The zero-order valence-electron chi connectivity index (χ0n) is 10.5. The molecule has 0 aliphatic heterocycles. The molecule has 0 fully saturated rings. The van der Waals surface area contributed by atoms with E-state index < -0.39 is 5.82 Å². The molecule has 20 heavy (non-hydrogen) atoms. The minimum Gasteiger partial charge on any atom is -0.399 e. The summed E-state index contributed by atoms with van der Waals surface area (Å²) in [6, 6.07) is 11.0. The maximum Gasteiger partial charge on any atom is 0.233 e. The van der Waals surface area contributed by atoms with Gasteiger partial charge in [-0.15, -0.1) is 4.79 Å². The molecule has 3 N–H and O–H groups in total. The van der Waals surface area contributed by atoms with Gasteiger partial charge in [-0.2, -0.15) is 0 Å². The molecule has 102 valence electrons. The highest BCUT2D eigenvalue weighted by molar-refractivity contribution is 5.78. The van der Waals surface area contributed by atoms with Crippen molar-refractivity contribution in [3.05, 3.63) is 53.8 Å². The fourth-order valence-electron chi connectivity index (χ4n) is 2.02. The van der Waals surface area contributed by atoms with Gasteiger partial charge in [-0.25, -0.2) is 9.37 Å². The number of benzene rings is 2. The largest absolute Gasteiger partial charge is 0.399 e. The van der Waals surface area contributed by atoms with E-state index in [1.807, 2.05) is 12.1 Å². The highest BCUT2D eigenvalue weighted by Gasteiger charge is 2.10. The number of fused-ring (bicyclic) bond motifs is 1. The fourth-order valence-corrected chi connectivity index (χ4v) is 2.02. The zero-order valence-corrected chi connectivity index (χ0v) is 10.5. The second kappa shape index (κ2) is 4.80. The average molecular weight is 274 g/mol. The number of hydrogen-bond acceptors (Lipinski definition) is 3. The van der Waals surface area contributed by atoms with Gasteiger partial charge in [0.1, 0.15) is 11.3 Å². The van der Waals surface area contributed by atoms with Crippen LogP contribution in [0.5, 0.6) is 0 Å². The lowest BCUT2D eigenvalue weighted by Gasteiger charge is -2.04. The Bertz CT molecular complexity index is 767. The summed E-state index contributed by atoms with van der Waals surface area (Å²) in [6.45, 7) is 0.376. The minimum atomic E-state index is -0.446. The van der Waals surface area contributed by atoms with Crippen LogP contribution in [-0.4, -0.2) is 9.77 Å². The maximum absolute atomic E-state index is 14.0. The number of nitrogens with one attached hydrogen (secondary N) is 1. The van der Waals surface area contributed by atoms with E-state index in [0.29, 0.717) is 17.0 Å². The molecule has 0 saturated heterocycles. The van der Waals surface area contributed by atoms with Crippen LogP contribution in [0, 0.1) is 5.82 Å². The molecule has 0 atom stereocenters.